The van der Waals surface area contributed by atoms with Crippen LogP contribution in [0.4, 0.5) is 10.1 Å². The molecule has 1 fully saturated rings. The Morgan fingerprint density at radius 2 is 2.20 bits per heavy atom. The Balaban J connectivity index is 1.87. The number of aliphatic hydroxyl groups is 2. The summed E-state index contributed by atoms with van der Waals surface area (Å²) in [6.07, 6.45) is 2.20. The Kier molecular flexibility index (Phi) is 4.87. The van der Waals surface area contributed by atoms with E-state index in [4.69, 9.17) is 0 Å². The van der Waals surface area contributed by atoms with Crippen LogP contribution in [-0.2, 0) is 0 Å². The van der Waals surface area contributed by atoms with Crippen molar-refractivity contribution in [2.75, 3.05) is 11.9 Å². The fraction of sp³-hybridized carbons (Fsp3) is 0.444. The Morgan fingerprint density at radius 3 is 2.80 bits per heavy atom. The molecule has 0 spiro atoms. The maximum atomic E-state index is 14.3. The number of aliphatic hydroxyl groups excluding tert-OH is 2. The molecule has 2 aromatic heterocycles. The molecule has 2 heterocycles. The van der Waals surface area contributed by atoms with Crippen LogP contribution in [0.25, 0.3) is 0 Å². The second-order valence-corrected chi connectivity index (χ2v) is 6.57. The number of alkyl halides is 1. The summed E-state index contributed by atoms with van der Waals surface area (Å²) in [6.45, 7) is 3.47. The largest absolute Gasteiger partial charge is 0.396 e. The minimum absolute atomic E-state index is 0.204. The number of nitrogens with zero attached hydrogens (tertiary/aromatic N) is 1. The quantitative estimate of drug-likeness (QED) is 0.618. The van der Waals surface area contributed by atoms with Crippen molar-refractivity contribution in [3.63, 3.8) is 0 Å². The van der Waals surface area contributed by atoms with Crippen molar-refractivity contribution in [3.8, 4) is 0 Å². The first-order chi connectivity index (χ1) is 11.9. The number of carbonyl (C=O) groups excluding carboxylic acids is 1. The van der Waals surface area contributed by atoms with Crippen LogP contribution in [0.15, 0.2) is 24.7 Å². The Morgan fingerprint density at radius 1 is 1.44 bits per heavy atom. The van der Waals surface area contributed by atoms with Crippen LogP contribution in [-0.4, -0.2) is 50.9 Å². The summed E-state index contributed by atoms with van der Waals surface area (Å²) in [5.41, 5.74) is 3.13. The van der Waals surface area contributed by atoms with Crippen LogP contribution in [0.1, 0.15) is 33.6 Å². The highest BCUT2D eigenvalue weighted by Crippen LogP contribution is 2.32. The van der Waals surface area contributed by atoms with E-state index in [1.807, 2.05) is 13.8 Å². The van der Waals surface area contributed by atoms with Gasteiger partial charge in [0.1, 0.15) is 6.17 Å². The van der Waals surface area contributed by atoms with E-state index < -0.39 is 24.2 Å². The molecule has 0 unspecified atom stereocenters. The number of pyridine rings is 1. The lowest BCUT2D eigenvalue weighted by atomic mass is 10.0. The summed E-state index contributed by atoms with van der Waals surface area (Å²) in [7, 11) is 0. The lowest BCUT2D eigenvalue weighted by Crippen LogP contribution is -2.32. The van der Waals surface area contributed by atoms with Gasteiger partial charge in [0, 0.05) is 48.1 Å². The summed E-state index contributed by atoms with van der Waals surface area (Å²) in [5, 5.41) is 22.1. The highest BCUT2D eigenvalue weighted by Gasteiger charge is 2.42. The lowest BCUT2D eigenvalue weighted by Gasteiger charge is -2.19. The molecule has 1 aliphatic rings. The molecule has 0 aromatic carbocycles. The molecule has 3 rings (SSSR count). The summed E-state index contributed by atoms with van der Waals surface area (Å²) < 4.78 is 14.3. The number of halogens is 1. The number of hydrogen-bond donors (Lipinski definition) is 4. The summed E-state index contributed by atoms with van der Waals surface area (Å²) >= 11 is 0. The molecule has 4 atom stereocenters. The highest BCUT2D eigenvalue weighted by molar-refractivity contribution is 6.13. The number of ketones is 1. The standard InChI is InChI=1S/C18H22FN3O3/c1-9-10(2)21-7-12(9)18(25)13-6-20-4-3-14(13)22-15-5-11(8-23)17(24)16(15)19/h3-4,6-7,11,15-17,21,23-24H,5,8H2,1-2H3,(H,20,22)/t11-,15-,16-,17-/m1/s1. The van der Waals surface area contributed by atoms with Crippen LogP contribution in [0.2, 0.25) is 0 Å². The minimum atomic E-state index is -1.51. The van der Waals surface area contributed by atoms with Crippen molar-refractivity contribution >= 4 is 11.5 Å². The number of nitrogens with one attached hydrogen (secondary N) is 2. The third-order valence-corrected chi connectivity index (χ3v) is 5.04. The fourth-order valence-corrected chi connectivity index (χ4v) is 3.30. The molecule has 7 heteroatoms. The third-order valence-electron chi connectivity index (χ3n) is 5.04. The van der Waals surface area contributed by atoms with Crippen LogP contribution < -0.4 is 5.32 Å². The smallest absolute Gasteiger partial charge is 0.198 e. The number of carbonyl (C=O) groups is 1. The van der Waals surface area contributed by atoms with Crippen molar-refractivity contribution in [3.05, 3.63) is 47.0 Å². The average Bonchev–Trinajstić information content (AvgIpc) is 3.09. The van der Waals surface area contributed by atoms with Crippen molar-refractivity contribution in [1.29, 1.82) is 0 Å². The van der Waals surface area contributed by atoms with Gasteiger partial charge in [0.25, 0.3) is 0 Å². The SMILES string of the molecule is Cc1[nH]cc(C(=O)c2cnccc2N[C@@H]2C[C@H](CO)[C@@H](O)[C@@H]2F)c1C. The topological polar surface area (TPSA) is 98.2 Å². The number of aromatic nitrogens is 2. The molecule has 6 nitrogen and oxygen atoms in total. The van der Waals surface area contributed by atoms with E-state index in [0.717, 1.165) is 11.3 Å². The number of anilines is 1. The number of H-pyrrole nitrogens is 1. The van der Waals surface area contributed by atoms with Gasteiger partial charge in [-0.3, -0.25) is 9.78 Å². The van der Waals surface area contributed by atoms with Gasteiger partial charge in [0.05, 0.1) is 17.7 Å². The summed E-state index contributed by atoms with van der Waals surface area (Å²) in [6, 6.07) is 0.947. The predicted octanol–water partition coefficient (Wildman–Crippen LogP) is 1.75. The van der Waals surface area contributed by atoms with E-state index >= 15 is 0 Å². The molecule has 0 bridgehead atoms. The molecular formula is C18H22FN3O3. The van der Waals surface area contributed by atoms with E-state index in [-0.39, 0.29) is 18.8 Å². The second kappa shape index (κ2) is 6.93. The molecule has 1 aliphatic carbocycles. The number of hydrogen-bond acceptors (Lipinski definition) is 5. The normalized spacial score (nSPS) is 26.0. The van der Waals surface area contributed by atoms with Crippen LogP contribution >= 0.6 is 0 Å². The Labute approximate surface area is 145 Å². The summed E-state index contributed by atoms with van der Waals surface area (Å²) in [5.74, 6) is -0.715. The van der Waals surface area contributed by atoms with Gasteiger partial charge in [-0.25, -0.2) is 4.39 Å². The molecule has 25 heavy (non-hydrogen) atoms. The Bertz CT molecular complexity index is 777. The third kappa shape index (κ3) is 3.17. The van der Waals surface area contributed by atoms with Gasteiger partial charge in [-0.15, -0.1) is 0 Å². The van der Waals surface area contributed by atoms with Gasteiger partial charge in [-0.05, 0) is 31.9 Å². The van der Waals surface area contributed by atoms with Gasteiger partial charge < -0.3 is 20.5 Å². The first-order valence-corrected chi connectivity index (χ1v) is 8.26. The zero-order chi connectivity index (χ0) is 18.1. The van der Waals surface area contributed by atoms with Crippen molar-refractivity contribution in [1.82, 2.24) is 9.97 Å². The second-order valence-electron chi connectivity index (χ2n) is 6.57. The molecule has 0 saturated heterocycles. The first-order valence-electron chi connectivity index (χ1n) is 8.26. The van der Waals surface area contributed by atoms with Crippen molar-refractivity contribution in [2.24, 2.45) is 5.92 Å². The number of aromatic amines is 1. The van der Waals surface area contributed by atoms with Crippen LogP contribution in [0.5, 0.6) is 0 Å². The Hall–Kier alpha value is -2.25. The molecule has 4 N–H and O–H groups in total. The van der Waals surface area contributed by atoms with Gasteiger partial charge in [0.15, 0.2) is 5.78 Å². The molecule has 134 valence electrons. The maximum Gasteiger partial charge on any atom is 0.198 e. The minimum Gasteiger partial charge on any atom is -0.396 e. The van der Waals surface area contributed by atoms with E-state index in [1.54, 1.807) is 12.3 Å². The van der Waals surface area contributed by atoms with E-state index in [1.165, 1.54) is 12.4 Å². The highest BCUT2D eigenvalue weighted by atomic mass is 19.1. The van der Waals surface area contributed by atoms with Crippen LogP contribution in [0.3, 0.4) is 0 Å². The molecule has 0 aliphatic heterocycles. The van der Waals surface area contributed by atoms with Crippen LogP contribution in [0, 0.1) is 19.8 Å². The first kappa shape index (κ1) is 17.6. The average molecular weight is 347 g/mol. The predicted molar refractivity (Wildman–Crippen MR) is 91.4 cm³/mol. The molecule has 0 radical (unpaired) electrons. The van der Waals surface area contributed by atoms with E-state index in [0.29, 0.717) is 16.8 Å². The lowest BCUT2D eigenvalue weighted by molar-refractivity contribution is 0.0444. The van der Waals surface area contributed by atoms with Crippen molar-refractivity contribution in [2.45, 2.75) is 38.6 Å². The van der Waals surface area contributed by atoms with E-state index in [2.05, 4.69) is 15.3 Å². The van der Waals surface area contributed by atoms with Gasteiger partial charge >= 0.3 is 0 Å². The van der Waals surface area contributed by atoms with Gasteiger partial charge in [-0.2, -0.15) is 0 Å². The molecule has 1 saturated carbocycles. The number of aryl methyl sites for hydroxylation is 1. The maximum absolute atomic E-state index is 14.3. The molecule has 0 amide bonds. The van der Waals surface area contributed by atoms with Gasteiger partial charge in [-0.1, -0.05) is 0 Å². The zero-order valence-electron chi connectivity index (χ0n) is 14.2. The monoisotopic (exact) mass is 347 g/mol. The number of rotatable bonds is 5. The fourth-order valence-electron chi connectivity index (χ4n) is 3.30. The van der Waals surface area contributed by atoms with E-state index in [9.17, 15) is 19.4 Å². The molecule has 2 aromatic rings. The summed E-state index contributed by atoms with van der Waals surface area (Å²) in [4.78, 5) is 19.9. The molecular weight excluding hydrogens is 325 g/mol. The zero-order valence-corrected chi connectivity index (χ0v) is 14.2. The van der Waals surface area contributed by atoms with Gasteiger partial charge in [0.2, 0.25) is 0 Å². The van der Waals surface area contributed by atoms with Crippen molar-refractivity contribution < 1.29 is 19.4 Å².